The van der Waals surface area contributed by atoms with Crippen molar-refractivity contribution < 1.29 is 4.74 Å². The Labute approximate surface area is 74.9 Å². The minimum atomic E-state index is -0.0807. The van der Waals surface area contributed by atoms with Gasteiger partial charge in [0.2, 0.25) is 0 Å². The van der Waals surface area contributed by atoms with Gasteiger partial charge in [0.05, 0.1) is 6.10 Å². The van der Waals surface area contributed by atoms with Crippen LogP contribution in [0.1, 0.15) is 20.3 Å². The summed E-state index contributed by atoms with van der Waals surface area (Å²) in [7, 11) is 1.78. The molecule has 1 saturated heterocycles. The molecular weight excluding hydrogens is 152 g/mol. The van der Waals surface area contributed by atoms with E-state index >= 15 is 0 Å². The lowest BCUT2D eigenvalue weighted by atomic mass is 10.1. The van der Waals surface area contributed by atoms with Gasteiger partial charge in [-0.3, -0.25) is 4.90 Å². The Kier molecular flexibility index (Phi) is 3.09. The van der Waals surface area contributed by atoms with Crippen molar-refractivity contribution in [1.29, 1.82) is 0 Å². The molecule has 1 unspecified atom stereocenters. The molecule has 1 aliphatic heterocycles. The van der Waals surface area contributed by atoms with Crippen LogP contribution in [0.5, 0.6) is 0 Å². The Hall–Kier alpha value is -0.120. The molecule has 1 heterocycles. The van der Waals surface area contributed by atoms with Crippen molar-refractivity contribution in [2.75, 3.05) is 26.7 Å². The molecule has 1 rings (SSSR count). The monoisotopic (exact) mass is 172 g/mol. The zero-order valence-electron chi connectivity index (χ0n) is 8.34. The summed E-state index contributed by atoms with van der Waals surface area (Å²) in [5.41, 5.74) is 5.84. The molecule has 0 bridgehead atoms. The second kappa shape index (κ2) is 3.73. The first-order valence-electron chi connectivity index (χ1n) is 4.55. The fourth-order valence-electron chi connectivity index (χ4n) is 1.71. The normalized spacial score (nSPS) is 26.5. The Balaban J connectivity index is 2.28. The van der Waals surface area contributed by atoms with E-state index in [0.717, 1.165) is 26.1 Å². The third-order valence-electron chi connectivity index (χ3n) is 2.19. The Morgan fingerprint density at radius 2 is 2.25 bits per heavy atom. The van der Waals surface area contributed by atoms with Crippen molar-refractivity contribution in [3.05, 3.63) is 0 Å². The van der Waals surface area contributed by atoms with Gasteiger partial charge in [0, 0.05) is 32.3 Å². The van der Waals surface area contributed by atoms with Crippen molar-refractivity contribution >= 4 is 0 Å². The van der Waals surface area contributed by atoms with Crippen LogP contribution in [0.15, 0.2) is 0 Å². The third kappa shape index (κ3) is 3.09. The highest BCUT2D eigenvalue weighted by Crippen LogP contribution is 2.13. The highest BCUT2D eigenvalue weighted by Gasteiger charge is 2.25. The summed E-state index contributed by atoms with van der Waals surface area (Å²) < 4.78 is 5.27. The van der Waals surface area contributed by atoms with E-state index < -0.39 is 0 Å². The van der Waals surface area contributed by atoms with E-state index in [1.165, 1.54) is 0 Å². The summed E-state index contributed by atoms with van der Waals surface area (Å²) >= 11 is 0. The molecule has 1 atom stereocenters. The zero-order valence-corrected chi connectivity index (χ0v) is 8.34. The fourth-order valence-corrected chi connectivity index (χ4v) is 1.71. The lowest BCUT2D eigenvalue weighted by molar-refractivity contribution is 0.105. The number of hydrogen-bond acceptors (Lipinski definition) is 3. The van der Waals surface area contributed by atoms with E-state index in [9.17, 15) is 0 Å². The lowest BCUT2D eigenvalue weighted by Gasteiger charge is -2.25. The van der Waals surface area contributed by atoms with Crippen LogP contribution in [0.4, 0.5) is 0 Å². The molecular formula is C9H20N2O. The van der Waals surface area contributed by atoms with Gasteiger partial charge >= 0.3 is 0 Å². The summed E-state index contributed by atoms with van der Waals surface area (Å²) in [5, 5.41) is 0. The summed E-state index contributed by atoms with van der Waals surface area (Å²) in [4.78, 5) is 2.37. The van der Waals surface area contributed by atoms with Gasteiger partial charge < -0.3 is 10.5 Å². The van der Waals surface area contributed by atoms with E-state index in [1.54, 1.807) is 7.11 Å². The van der Waals surface area contributed by atoms with E-state index in [1.807, 2.05) is 0 Å². The lowest BCUT2D eigenvalue weighted by Crippen LogP contribution is -2.44. The van der Waals surface area contributed by atoms with E-state index in [0.29, 0.717) is 6.10 Å². The van der Waals surface area contributed by atoms with Gasteiger partial charge in [-0.2, -0.15) is 0 Å². The number of hydrogen-bond donors (Lipinski definition) is 1. The van der Waals surface area contributed by atoms with Crippen LogP contribution in [0.3, 0.4) is 0 Å². The van der Waals surface area contributed by atoms with Gasteiger partial charge in [-0.15, -0.1) is 0 Å². The Bertz CT molecular complexity index is 142. The SMILES string of the molecule is COC1CCN(CC(C)(C)N)C1. The summed E-state index contributed by atoms with van der Waals surface area (Å²) in [6.45, 7) is 7.25. The number of methoxy groups -OCH3 is 1. The average molecular weight is 172 g/mol. The van der Waals surface area contributed by atoms with Gasteiger partial charge in [0.1, 0.15) is 0 Å². The van der Waals surface area contributed by atoms with Crippen LogP contribution in [0.2, 0.25) is 0 Å². The molecule has 12 heavy (non-hydrogen) atoms. The molecule has 0 aromatic heterocycles. The van der Waals surface area contributed by atoms with Gasteiger partial charge in [0.25, 0.3) is 0 Å². The zero-order chi connectivity index (χ0) is 9.19. The van der Waals surface area contributed by atoms with Crippen LogP contribution in [0.25, 0.3) is 0 Å². The second-order valence-electron chi connectivity index (χ2n) is 4.37. The quantitative estimate of drug-likeness (QED) is 0.671. The van der Waals surface area contributed by atoms with Crippen molar-refractivity contribution in [3.63, 3.8) is 0 Å². The number of rotatable bonds is 3. The topological polar surface area (TPSA) is 38.5 Å². The maximum atomic E-state index is 5.92. The number of nitrogens with two attached hydrogens (primary N) is 1. The van der Waals surface area contributed by atoms with E-state index in [4.69, 9.17) is 10.5 Å². The number of nitrogens with zero attached hydrogens (tertiary/aromatic N) is 1. The highest BCUT2D eigenvalue weighted by molar-refractivity contribution is 4.83. The molecule has 3 heteroatoms. The van der Waals surface area contributed by atoms with Crippen LogP contribution in [-0.2, 0) is 4.74 Å². The van der Waals surface area contributed by atoms with Gasteiger partial charge in [-0.1, -0.05) is 0 Å². The minimum absolute atomic E-state index is 0.0807. The number of likely N-dealkylation sites (tertiary alicyclic amines) is 1. The maximum Gasteiger partial charge on any atom is 0.0710 e. The maximum absolute atomic E-state index is 5.92. The minimum Gasteiger partial charge on any atom is -0.380 e. The predicted octanol–water partition coefficient (Wildman–Crippen LogP) is 0.444. The Morgan fingerprint density at radius 1 is 1.58 bits per heavy atom. The molecule has 0 aromatic rings. The van der Waals surface area contributed by atoms with Gasteiger partial charge in [-0.25, -0.2) is 0 Å². The summed E-state index contributed by atoms with van der Waals surface area (Å²) in [6, 6.07) is 0. The standard InChI is InChI=1S/C9H20N2O/c1-9(2,10)7-11-5-4-8(6-11)12-3/h8H,4-7,10H2,1-3H3. The fraction of sp³-hybridized carbons (Fsp3) is 1.00. The van der Waals surface area contributed by atoms with Gasteiger partial charge in [-0.05, 0) is 20.3 Å². The third-order valence-corrected chi connectivity index (χ3v) is 2.19. The first kappa shape index (κ1) is 9.96. The molecule has 0 radical (unpaired) electrons. The molecule has 1 fully saturated rings. The second-order valence-corrected chi connectivity index (χ2v) is 4.37. The van der Waals surface area contributed by atoms with Crippen LogP contribution < -0.4 is 5.73 Å². The highest BCUT2D eigenvalue weighted by atomic mass is 16.5. The van der Waals surface area contributed by atoms with E-state index in [-0.39, 0.29) is 5.54 Å². The predicted molar refractivity (Wildman–Crippen MR) is 50.1 cm³/mol. The summed E-state index contributed by atoms with van der Waals surface area (Å²) in [6.07, 6.45) is 1.57. The molecule has 3 nitrogen and oxygen atoms in total. The van der Waals surface area contributed by atoms with Crippen molar-refractivity contribution in [2.45, 2.75) is 31.9 Å². The number of ether oxygens (including phenoxy) is 1. The van der Waals surface area contributed by atoms with Crippen LogP contribution >= 0.6 is 0 Å². The molecule has 2 N–H and O–H groups in total. The molecule has 0 aliphatic carbocycles. The first-order chi connectivity index (χ1) is 5.51. The Morgan fingerprint density at radius 3 is 2.67 bits per heavy atom. The molecule has 0 saturated carbocycles. The smallest absolute Gasteiger partial charge is 0.0710 e. The molecule has 0 amide bonds. The van der Waals surface area contributed by atoms with Crippen LogP contribution in [0, 0.1) is 0 Å². The molecule has 0 aromatic carbocycles. The molecule has 1 aliphatic rings. The van der Waals surface area contributed by atoms with Crippen molar-refractivity contribution in [1.82, 2.24) is 4.90 Å². The summed E-state index contributed by atoms with van der Waals surface area (Å²) in [5.74, 6) is 0. The molecule has 72 valence electrons. The first-order valence-corrected chi connectivity index (χ1v) is 4.55. The average Bonchev–Trinajstić information content (AvgIpc) is 2.32. The van der Waals surface area contributed by atoms with Crippen LogP contribution in [-0.4, -0.2) is 43.3 Å². The largest absolute Gasteiger partial charge is 0.380 e. The van der Waals surface area contributed by atoms with Crippen molar-refractivity contribution in [3.8, 4) is 0 Å². The van der Waals surface area contributed by atoms with Gasteiger partial charge in [0.15, 0.2) is 0 Å². The van der Waals surface area contributed by atoms with E-state index in [2.05, 4.69) is 18.7 Å². The van der Waals surface area contributed by atoms with Crippen molar-refractivity contribution in [2.24, 2.45) is 5.73 Å². The molecule has 0 spiro atoms.